The number of rotatable bonds is 4. The predicted octanol–water partition coefficient (Wildman–Crippen LogP) is 2.34. The topological polar surface area (TPSA) is 68.0 Å². The lowest BCUT2D eigenvalue weighted by atomic mass is 10.2. The van der Waals surface area contributed by atoms with Crippen molar-refractivity contribution < 1.29 is 4.79 Å². The lowest BCUT2D eigenvalue weighted by Gasteiger charge is -2.05. The Morgan fingerprint density at radius 2 is 2.32 bits per heavy atom. The summed E-state index contributed by atoms with van der Waals surface area (Å²) >= 11 is 1.88. The number of anilines is 1. The fourth-order valence-corrected chi connectivity index (χ4v) is 3.54. The first-order valence-corrected chi connectivity index (χ1v) is 7.14. The number of pyridine rings is 1. The maximum atomic E-state index is 11.1. The van der Waals surface area contributed by atoms with Gasteiger partial charge in [0.1, 0.15) is 5.69 Å². The molecule has 0 spiro atoms. The van der Waals surface area contributed by atoms with Crippen LogP contribution in [0.4, 0.5) is 5.69 Å². The second-order valence-corrected chi connectivity index (χ2v) is 5.88. The molecule has 0 saturated carbocycles. The van der Waals surface area contributed by atoms with Crippen molar-refractivity contribution in [2.24, 2.45) is 5.73 Å². The quantitative estimate of drug-likeness (QED) is 0.898. The van der Waals surface area contributed by atoms with Gasteiger partial charge >= 0.3 is 0 Å². The third-order valence-corrected chi connectivity index (χ3v) is 4.51. The molecule has 0 fully saturated rings. The average molecular weight is 273 g/mol. The molecule has 3 N–H and O–H groups in total. The Morgan fingerprint density at radius 1 is 1.42 bits per heavy atom. The van der Waals surface area contributed by atoms with Crippen LogP contribution in [0.15, 0.2) is 24.4 Å². The van der Waals surface area contributed by atoms with Crippen LogP contribution in [0.1, 0.15) is 32.2 Å². The van der Waals surface area contributed by atoms with Crippen LogP contribution in [-0.2, 0) is 19.4 Å². The molecule has 0 atom stereocenters. The summed E-state index contributed by atoms with van der Waals surface area (Å²) < 4.78 is 0. The van der Waals surface area contributed by atoms with E-state index in [4.69, 9.17) is 5.73 Å². The molecule has 98 valence electrons. The van der Waals surface area contributed by atoms with Gasteiger partial charge in [-0.05, 0) is 43.0 Å². The number of fused-ring (bicyclic) bond motifs is 1. The van der Waals surface area contributed by atoms with Gasteiger partial charge in [0.15, 0.2) is 0 Å². The van der Waals surface area contributed by atoms with Crippen LogP contribution in [-0.4, -0.2) is 10.9 Å². The van der Waals surface area contributed by atoms with Crippen molar-refractivity contribution in [3.05, 3.63) is 45.4 Å². The minimum Gasteiger partial charge on any atom is -0.380 e. The molecule has 0 unspecified atom stereocenters. The second-order valence-electron chi connectivity index (χ2n) is 4.66. The van der Waals surface area contributed by atoms with Crippen molar-refractivity contribution in [1.82, 2.24) is 4.98 Å². The minimum absolute atomic E-state index is 0.290. The highest BCUT2D eigenvalue weighted by Gasteiger charge is 2.14. The van der Waals surface area contributed by atoms with E-state index in [0.717, 1.165) is 12.2 Å². The molecule has 2 aromatic heterocycles. The Kier molecular flexibility index (Phi) is 3.21. The Hall–Kier alpha value is -1.88. The SMILES string of the molecule is NC(=O)c1cc(NCc2cc3c(s2)CCC3)ccn1. The molecule has 0 radical (unpaired) electrons. The summed E-state index contributed by atoms with van der Waals surface area (Å²) in [6, 6.07) is 5.81. The highest BCUT2D eigenvalue weighted by atomic mass is 32.1. The number of nitrogens with one attached hydrogen (secondary N) is 1. The van der Waals surface area contributed by atoms with Crippen molar-refractivity contribution >= 4 is 22.9 Å². The highest BCUT2D eigenvalue weighted by molar-refractivity contribution is 7.12. The number of amides is 1. The van der Waals surface area contributed by atoms with E-state index in [-0.39, 0.29) is 0 Å². The molecule has 2 aromatic rings. The molecule has 0 aliphatic heterocycles. The van der Waals surface area contributed by atoms with Gasteiger partial charge in [0.25, 0.3) is 5.91 Å². The third kappa shape index (κ3) is 2.61. The fraction of sp³-hybridized carbons (Fsp3) is 0.286. The monoisotopic (exact) mass is 273 g/mol. The third-order valence-electron chi connectivity index (χ3n) is 3.28. The Labute approximate surface area is 115 Å². The zero-order chi connectivity index (χ0) is 13.2. The molecule has 19 heavy (non-hydrogen) atoms. The molecule has 1 amide bonds. The van der Waals surface area contributed by atoms with Crippen LogP contribution >= 0.6 is 11.3 Å². The number of hydrogen-bond donors (Lipinski definition) is 2. The Balaban J connectivity index is 1.68. The van der Waals surface area contributed by atoms with Gasteiger partial charge in [0.2, 0.25) is 0 Å². The summed E-state index contributed by atoms with van der Waals surface area (Å²) in [6.07, 6.45) is 5.33. The molecular formula is C14H15N3OS. The zero-order valence-corrected chi connectivity index (χ0v) is 11.3. The summed E-state index contributed by atoms with van der Waals surface area (Å²) in [6.45, 7) is 0.778. The van der Waals surface area contributed by atoms with Gasteiger partial charge in [-0.3, -0.25) is 9.78 Å². The van der Waals surface area contributed by atoms with Crippen molar-refractivity contribution in [1.29, 1.82) is 0 Å². The molecule has 0 bridgehead atoms. The number of carbonyl (C=O) groups is 1. The van der Waals surface area contributed by atoms with Crippen LogP contribution < -0.4 is 11.1 Å². The number of hydrogen-bond acceptors (Lipinski definition) is 4. The first-order chi connectivity index (χ1) is 9.22. The van der Waals surface area contributed by atoms with Crippen molar-refractivity contribution in [3.63, 3.8) is 0 Å². The Morgan fingerprint density at radius 3 is 3.11 bits per heavy atom. The minimum atomic E-state index is -0.501. The number of nitrogens with zero attached hydrogens (tertiary/aromatic N) is 1. The first kappa shape index (κ1) is 12.2. The summed E-state index contributed by atoms with van der Waals surface area (Å²) in [7, 11) is 0. The van der Waals surface area contributed by atoms with E-state index in [1.54, 1.807) is 12.3 Å². The predicted molar refractivity (Wildman–Crippen MR) is 76.4 cm³/mol. The summed E-state index contributed by atoms with van der Waals surface area (Å²) in [5, 5.41) is 3.31. The van der Waals surface area contributed by atoms with Crippen LogP contribution in [0.5, 0.6) is 0 Å². The first-order valence-electron chi connectivity index (χ1n) is 6.32. The summed E-state index contributed by atoms with van der Waals surface area (Å²) in [5.74, 6) is -0.501. The number of primary amides is 1. The number of thiophene rings is 1. The van der Waals surface area contributed by atoms with Gasteiger partial charge in [-0.25, -0.2) is 0 Å². The average Bonchev–Trinajstić information content (AvgIpc) is 2.97. The van der Waals surface area contributed by atoms with E-state index in [9.17, 15) is 4.79 Å². The lowest BCUT2D eigenvalue weighted by molar-refractivity contribution is 0.0995. The molecule has 0 saturated heterocycles. The van der Waals surface area contributed by atoms with Crippen LogP contribution in [0.3, 0.4) is 0 Å². The number of aromatic nitrogens is 1. The summed E-state index contributed by atoms with van der Waals surface area (Å²) in [4.78, 5) is 17.8. The molecule has 5 heteroatoms. The molecule has 3 rings (SSSR count). The largest absolute Gasteiger partial charge is 0.380 e. The number of carbonyl (C=O) groups excluding carboxylic acids is 1. The van der Waals surface area contributed by atoms with Gasteiger partial charge in [-0.15, -0.1) is 11.3 Å². The van der Waals surface area contributed by atoms with Crippen LogP contribution in [0.25, 0.3) is 0 Å². The molecule has 1 aliphatic carbocycles. The zero-order valence-electron chi connectivity index (χ0n) is 10.5. The van der Waals surface area contributed by atoms with Crippen molar-refractivity contribution in [2.45, 2.75) is 25.8 Å². The van der Waals surface area contributed by atoms with E-state index in [0.29, 0.717) is 5.69 Å². The highest BCUT2D eigenvalue weighted by Crippen LogP contribution is 2.30. The molecular weight excluding hydrogens is 258 g/mol. The second kappa shape index (κ2) is 5.01. The smallest absolute Gasteiger partial charge is 0.267 e. The van der Waals surface area contributed by atoms with E-state index < -0.39 is 5.91 Å². The molecule has 1 aliphatic rings. The van der Waals surface area contributed by atoms with E-state index in [1.165, 1.54) is 34.6 Å². The Bertz CT molecular complexity index is 599. The normalized spacial score (nSPS) is 13.3. The maximum Gasteiger partial charge on any atom is 0.267 e. The van der Waals surface area contributed by atoms with E-state index in [2.05, 4.69) is 16.4 Å². The summed E-state index contributed by atoms with van der Waals surface area (Å²) in [5.41, 5.74) is 7.88. The van der Waals surface area contributed by atoms with Gasteiger partial charge in [0.05, 0.1) is 0 Å². The van der Waals surface area contributed by atoms with Crippen LogP contribution in [0, 0.1) is 0 Å². The standard InChI is InChI=1S/C14H15N3OS/c15-14(18)12-7-10(4-5-16-12)17-8-11-6-9-2-1-3-13(9)19-11/h4-7H,1-3,8H2,(H2,15,18)(H,16,17). The lowest BCUT2D eigenvalue weighted by Crippen LogP contribution is -2.13. The van der Waals surface area contributed by atoms with Gasteiger partial charge < -0.3 is 11.1 Å². The molecule has 2 heterocycles. The fourth-order valence-electron chi connectivity index (χ4n) is 2.34. The van der Waals surface area contributed by atoms with Gasteiger partial charge in [-0.1, -0.05) is 0 Å². The van der Waals surface area contributed by atoms with Gasteiger partial charge in [-0.2, -0.15) is 0 Å². The van der Waals surface area contributed by atoms with E-state index in [1.807, 2.05) is 17.4 Å². The number of aryl methyl sites for hydroxylation is 2. The van der Waals surface area contributed by atoms with E-state index >= 15 is 0 Å². The van der Waals surface area contributed by atoms with Crippen molar-refractivity contribution in [2.75, 3.05) is 5.32 Å². The molecule has 4 nitrogen and oxygen atoms in total. The maximum absolute atomic E-state index is 11.1. The van der Waals surface area contributed by atoms with Crippen molar-refractivity contribution in [3.8, 4) is 0 Å². The van der Waals surface area contributed by atoms with Crippen LogP contribution in [0.2, 0.25) is 0 Å². The number of nitrogens with two attached hydrogens (primary N) is 1. The van der Waals surface area contributed by atoms with Gasteiger partial charge in [0, 0.05) is 28.2 Å². The molecule has 0 aromatic carbocycles.